The van der Waals surface area contributed by atoms with Crippen LogP contribution in [0.4, 0.5) is 0 Å². The summed E-state index contributed by atoms with van der Waals surface area (Å²) in [6.07, 6.45) is 0. The van der Waals surface area contributed by atoms with Gasteiger partial charge in [-0.1, -0.05) is 44.2 Å². The molecule has 0 bridgehead atoms. The highest BCUT2D eigenvalue weighted by molar-refractivity contribution is 5.83. The van der Waals surface area contributed by atoms with Crippen LogP contribution in [0.5, 0.6) is 0 Å². The van der Waals surface area contributed by atoms with Crippen molar-refractivity contribution in [2.75, 3.05) is 0 Å². The molecule has 0 saturated heterocycles. The van der Waals surface area contributed by atoms with E-state index in [9.17, 15) is 4.79 Å². The van der Waals surface area contributed by atoms with Gasteiger partial charge in [0.15, 0.2) is 0 Å². The maximum absolute atomic E-state index is 11.4. The molecule has 0 radical (unpaired) electrons. The van der Waals surface area contributed by atoms with Gasteiger partial charge in [0.1, 0.15) is 5.78 Å². The third kappa shape index (κ3) is 2.41. The first-order valence-electron chi connectivity index (χ1n) is 4.68. The van der Waals surface area contributed by atoms with Crippen LogP contribution < -0.4 is 0 Å². The molecule has 1 heteroatoms. The highest BCUT2D eigenvalue weighted by Crippen LogP contribution is 2.24. The number of benzene rings is 1. The number of hydrogen-bond donors (Lipinski definition) is 0. The average Bonchev–Trinajstić information content (AvgIpc) is 2.04. The summed E-state index contributed by atoms with van der Waals surface area (Å²) in [7, 11) is 0. The van der Waals surface area contributed by atoms with Gasteiger partial charge < -0.3 is 0 Å². The molecule has 1 atom stereocenters. The molecule has 0 aromatic heterocycles. The lowest BCUT2D eigenvalue weighted by Gasteiger charge is -2.17. The summed E-state index contributed by atoms with van der Waals surface area (Å²) >= 11 is 0. The summed E-state index contributed by atoms with van der Waals surface area (Å²) in [4.78, 5) is 11.4. The Balaban J connectivity index is 2.96. The van der Waals surface area contributed by atoms with Gasteiger partial charge in [-0.2, -0.15) is 0 Å². The second-order valence-corrected chi connectivity index (χ2v) is 3.74. The van der Waals surface area contributed by atoms with E-state index in [2.05, 4.69) is 13.8 Å². The second kappa shape index (κ2) is 4.22. The Morgan fingerprint density at radius 1 is 1.15 bits per heavy atom. The van der Waals surface area contributed by atoms with Gasteiger partial charge >= 0.3 is 0 Å². The maximum Gasteiger partial charge on any atom is 0.137 e. The van der Waals surface area contributed by atoms with Crippen molar-refractivity contribution in [3.05, 3.63) is 35.9 Å². The fourth-order valence-corrected chi connectivity index (χ4v) is 1.75. The molecule has 0 unspecified atom stereocenters. The van der Waals surface area contributed by atoms with E-state index in [0.29, 0.717) is 5.92 Å². The van der Waals surface area contributed by atoms with Crippen LogP contribution in [0.3, 0.4) is 0 Å². The minimum absolute atomic E-state index is 0.0567. The number of carbonyl (C=O) groups is 1. The fourth-order valence-electron chi connectivity index (χ4n) is 1.75. The van der Waals surface area contributed by atoms with Crippen LogP contribution in [0.15, 0.2) is 30.3 Å². The smallest absolute Gasteiger partial charge is 0.137 e. The van der Waals surface area contributed by atoms with E-state index in [0.717, 1.165) is 5.56 Å². The highest BCUT2D eigenvalue weighted by Gasteiger charge is 2.19. The predicted octanol–water partition coefficient (Wildman–Crippen LogP) is 3.02. The molecule has 0 spiro atoms. The van der Waals surface area contributed by atoms with Crippen molar-refractivity contribution in [1.29, 1.82) is 0 Å². The highest BCUT2D eigenvalue weighted by atomic mass is 16.1. The van der Waals surface area contributed by atoms with E-state index in [1.54, 1.807) is 6.92 Å². The van der Waals surface area contributed by atoms with E-state index in [1.165, 1.54) is 0 Å². The third-order valence-corrected chi connectivity index (χ3v) is 2.26. The molecule has 1 nitrogen and oxygen atoms in total. The molecule has 1 aromatic carbocycles. The summed E-state index contributed by atoms with van der Waals surface area (Å²) in [5.74, 6) is 0.683. The van der Waals surface area contributed by atoms with Crippen molar-refractivity contribution < 1.29 is 4.79 Å². The van der Waals surface area contributed by atoms with E-state index >= 15 is 0 Å². The molecule has 0 aliphatic carbocycles. The molecule has 1 rings (SSSR count). The monoisotopic (exact) mass is 176 g/mol. The lowest BCUT2D eigenvalue weighted by Crippen LogP contribution is -2.14. The minimum atomic E-state index is 0.0567. The van der Waals surface area contributed by atoms with Crippen LogP contribution in [-0.2, 0) is 4.79 Å². The first-order valence-corrected chi connectivity index (χ1v) is 4.68. The minimum Gasteiger partial charge on any atom is -0.299 e. The number of carbonyl (C=O) groups excluding carboxylic acids is 1. The molecule has 0 aliphatic rings. The summed E-state index contributed by atoms with van der Waals surface area (Å²) in [6, 6.07) is 9.97. The standard InChI is InChI=1S/C12H16O/c1-9(2)12(10(3)13)11-7-5-4-6-8-11/h4-9,12H,1-3H3/t12-/m0/s1. The first kappa shape index (κ1) is 9.97. The predicted molar refractivity (Wildman–Crippen MR) is 54.7 cm³/mol. The van der Waals surface area contributed by atoms with Crippen LogP contribution in [0, 0.1) is 5.92 Å². The second-order valence-electron chi connectivity index (χ2n) is 3.74. The Bertz CT molecular complexity index is 274. The lowest BCUT2D eigenvalue weighted by molar-refractivity contribution is -0.119. The van der Waals surface area contributed by atoms with Gasteiger partial charge in [0.2, 0.25) is 0 Å². The average molecular weight is 176 g/mol. The molecule has 0 saturated carbocycles. The number of hydrogen-bond acceptors (Lipinski definition) is 1. The van der Waals surface area contributed by atoms with Crippen molar-refractivity contribution in [3.8, 4) is 0 Å². The van der Waals surface area contributed by atoms with Crippen LogP contribution in [-0.4, -0.2) is 5.78 Å². The molecule has 1 aromatic rings. The van der Waals surface area contributed by atoms with E-state index in [4.69, 9.17) is 0 Å². The zero-order chi connectivity index (χ0) is 9.84. The Morgan fingerprint density at radius 2 is 1.69 bits per heavy atom. The summed E-state index contributed by atoms with van der Waals surface area (Å²) in [6.45, 7) is 5.83. The van der Waals surface area contributed by atoms with Crippen LogP contribution in [0.25, 0.3) is 0 Å². The first-order chi connectivity index (χ1) is 6.13. The third-order valence-electron chi connectivity index (χ3n) is 2.26. The Morgan fingerprint density at radius 3 is 2.08 bits per heavy atom. The molecule has 0 heterocycles. The Labute approximate surface area is 79.8 Å². The Hall–Kier alpha value is -1.11. The summed E-state index contributed by atoms with van der Waals surface area (Å²) < 4.78 is 0. The van der Waals surface area contributed by atoms with E-state index < -0.39 is 0 Å². The molecule has 0 aliphatic heterocycles. The number of rotatable bonds is 3. The molecule has 70 valence electrons. The fraction of sp³-hybridized carbons (Fsp3) is 0.417. The van der Waals surface area contributed by atoms with Crippen LogP contribution >= 0.6 is 0 Å². The zero-order valence-corrected chi connectivity index (χ0v) is 8.45. The Kier molecular flexibility index (Phi) is 3.24. The van der Waals surface area contributed by atoms with Gasteiger partial charge in [0.25, 0.3) is 0 Å². The van der Waals surface area contributed by atoms with Gasteiger partial charge in [0.05, 0.1) is 0 Å². The SMILES string of the molecule is CC(=O)[C@@H](c1ccccc1)C(C)C. The van der Waals surface area contributed by atoms with E-state index in [1.807, 2.05) is 30.3 Å². The van der Waals surface area contributed by atoms with Gasteiger partial charge in [-0.05, 0) is 18.4 Å². The van der Waals surface area contributed by atoms with Crippen molar-refractivity contribution in [2.45, 2.75) is 26.7 Å². The summed E-state index contributed by atoms with van der Waals surface area (Å²) in [5.41, 5.74) is 1.13. The van der Waals surface area contributed by atoms with Crippen LogP contribution in [0.2, 0.25) is 0 Å². The van der Waals surface area contributed by atoms with E-state index in [-0.39, 0.29) is 11.7 Å². The molecular formula is C12H16O. The topological polar surface area (TPSA) is 17.1 Å². The summed E-state index contributed by atoms with van der Waals surface area (Å²) in [5, 5.41) is 0. The normalized spacial score (nSPS) is 12.9. The maximum atomic E-state index is 11.4. The van der Waals surface area contributed by atoms with Gasteiger partial charge in [0, 0.05) is 5.92 Å². The molecular weight excluding hydrogens is 160 g/mol. The molecule has 13 heavy (non-hydrogen) atoms. The number of ketones is 1. The van der Waals surface area contributed by atoms with Crippen molar-refractivity contribution in [1.82, 2.24) is 0 Å². The van der Waals surface area contributed by atoms with Gasteiger partial charge in [-0.15, -0.1) is 0 Å². The molecule has 0 fully saturated rings. The van der Waals surface area contributed by atoms with Crippen molar-refractivity contribution in [3.63, 3.8) is 0 Å². The lowest BCUT2D eigenvalue weighted by atomic mass is 9.86. The van der Waals surface area contributed by atoms with Crippen molar-refractivity contribution in [2.24, 2.45) is 5.92 Å². The largest absolute Gasteiger partial charge is 0.299 e. The van der Waals surface area contributed by atoms with Gasteiger partial charge in [-0.25, -0.2) is 0 Å². The van der Waals surface area contributed by atoms with Gasteiger partial charge in [-0.3, -0.25) is 4.79 Å². The van der Waals surface area contributed by atoms with Crippen molar-refractivity contribution >= 4 is 5.78 Å². The molecule has 0 N–H and O–H groups in total. The van der Waals surface area contributed by atoms with Crippen LogP contribution in [0.1, 0.15) is 32.3 Å². The zero-order valence-electron chi connectivity index (χ0n) is 8.45. The number of Topliss-reactive ketones (excluding diaryl/α,β-unsaturated/α-hetero) is 1. The molecule has 0 amide bonds. The quantitative estimate of drug-likeness (QED) is 0.692.